The van der Waals surface area contributed by atoms with Crippen molar-refractivity contribution < 1.29 is 33.4 Å². The lowest BCUT2D eigenvalue weighted by Crippen LogP contribution is -2.36. The average Bonchev–Trinajstić information content (AvgIpc) is 3.07. The molecule has 0 saturated carbocycles. The standard InChI is InChI=1S/C24H24N2O7S/c1-14-7-5-9-17(15(14)2)25-20(27)12-26-23(29)19(34-24(26)30)11-16-8-6-10-18(31-3)22(16)33-13-21(28)32-4/h5-11H,12-13H2,1-4H3,(H,25,27)/b19-11+. The minimum absolute atomic E-state index is 0.112. The zero-order valence-corrected chi connectivity index (χ0v) is 20.0. The van der Waals surface area contributed by atoms with Gasteiger partial charge in [-0.1, -0.05) is 24.3 Å². The SMILES string of the molecule is COC(=O)COc1c(/C=C2/SC(=O)N(CC(=O)Nc3cccc(C)c3C)C2=O)cccc1OC. The lowest BCUT2D eigenvalue weighted by atomic mass is 10.1. The molecule has 1 saturated heterocycles. The van der Waals surface area contributed by atoms with E-state index in [9.17, 15) is 19.2 Å². The van der Waals surface area contributed by atoms with E-state index in [-0.39, 0.29) is 17.3 Å². The largest absolute Gasteiger partial charge is 0.493 e. The van der Waals surface area contributed by atoms with Crippen LogP contribution in [0, 0.1) is 13.8 Å². The van der Waals surface area contributed by atoms with Crippen molar-refractivity contribution in [2.45, 2.75) is 13.8 Å². The number of nitrogens with zero attached hydrogens (tertiary/aromatic N) is 1. The van der Waals surface area contributed by atoms with Gasteiger partial charge in [-0.05, 0) is 54.9 Å². The van der Waals surface area contributed by atoms with Gasteiger partial charge in [0.2, 0.25) is 5.91 Å². The molecule has 3 rings (SSSR count). The second-order valence-corrected chi connectivity index (χ2v) is 8.30. The second-order valence-electron chi connectivity index (χ2n) is 7.31. The topological polar surface area (TPSA) is 111 Å². The van der Waals surface area contributed by atoms with Gasteiger partial charge in [0.25, 0.3) is 11.1 Å². The first-order valence-corrected chi connectivity index (χ1v) is 11.0. The van der Waals surface area contributed by atoms with Crippen LogP contribution in [0.2, 0.25) is 0 Å². The Morgan fingerprint density at radius 3 is 2.53 bits per heavy atom. The lowest BCUT2D eigenvalue weighted by Gasteiger charge is -2.14. The summed E-state index contributed by atoms with van der Waals surface area (Å²) in [5, 5.41) is 2.18. The monoisotopic (exact) mass is 484 g/mol. The van der Waals surface area contributed by atoms with Crippen LogP contribution in [0.25, 0.3) is 6.08 Å². The molecule has 10 heteroatoms. The van der Waals surface area contributed by atoms with Crippen molar-refractivity contribution in [1.82, 2.24) is 4.90 Å². The molecule has 0 atom stereocenters. The van der Waals surface area contributed by atoms with E-state index in [1.54, 1.807) is 24.3 Å². The number of thioether (sulfide) groups is 1. The lowest BCUT2D eigenvalue weighted by molar-refractivity contribution is -0.143. The first-order valence-electron chi connectivity index (χ1n) is 10.2. The Labute approximate surface area is 201 Å². The maximum absolute atomic E-state index is 12.9. The molecule has 9 nitrogen and oxygen atoms in total. The van der Waals surface area contributed by atoms with Gasteiger partial charge in [0.1, 0.15) is 6.54 Å². The highest BCUT2D eigenvalue weighted by molar-refractivity contribution is 8.18. The number of para-hydroxylation sites is 1. The molecule has 0 aromatic heterocycles. The van der Waals surface area contributed by atoms with E-state index in [4.69, 9.17) is 9.47 Å². The molecule has 1 heterocycles. The summed E-state index contributed by atoms with van der Waals surface area (Å²) in [5.41, 5.74) is 2.96. The summed E-state index contributed by atoms with van der Waals surface area (Å²) in [6, 6.07) is 10.5. The Morgan fingerprint density at radius 2 is 1.82 bits per heavy atom. The number of amides is 3. The molecular weight excluding hydrogens is 460 g/mol. The van der Waals surface area contributed by atoms with Crippen molar-refractivity contribution in [3.63, 3.8) is 0 Å². The highest BCUT2D eigenvalue weighted by Crippen LogP contribution is 2.37. The van der Waals surface area contributed by atoms with Gasteiger partial charge in [-0.2, -0.15) is 0 Å². The van der Waals surface area contributed by atoms with Gasteiger partial charge < -0.3 is 19.5 Å². The number of aryl methyl sites for hydroxylation is 1. The molecule has 178 valence electrons. The Hall–Kier alpha value is -3.79. The quantitative estimate of drug-likeness (QED) is 0.447. The third-order valence-electron chi connectivity index (χ3n) is 5.13. The Kier molecular flexibility index (Phi) is 7.95. The molecule has 0 radical (unpaired) electrons. The van der Waals surface area contributed by atoms with Gasteiger partial charge in [0, 0.05) is 11.3 Å². The molecule has 3 amide bonds. The normalized spacial score (nSPS) is 14.4. The number of hydrogen-bond donors (Lipinski definition) is 1. The number of esters is 1. The number of nitrogens with one attached hydrogen (secondary N) is 1. The molecule has 0 bridgehead atoms. The van der Waals surface area contributed by atoms with Crippen molar-refractivity contribution in [1.29, 1.82) is 0 Å². The fourth-order valence-electron chi connectivity index (χ4n) is 3.15. The first kappa shape index (κ1) is 24.8. The number of benzene rings is 2. The highest BCUT2D eigenvalue weighted by atomic mass is 32.2. The van der Waals surface area contributed by atoms with E-state index >= 15 is 0 Å². The Balaban J connectivity index is 1.79. The number of methoxy groups -OCH3 is 2. The maximum Gasteiger partial charge on any atom is 0.343 e. The number of carbonyl (C=O) groups is 4. The van der Waals surface area contributed by atoms with Crippen molar-refractivity contribution in [3.05, 3.63) is 58.0 Å². The van der Waals surface area contributed by atoms with Crippen LogP contribution in [0.5, 0.6) is 11.5 Å². The number of hydrogen-bond acceptors (Lipinski definition) is 8. The van der Waals surface area contributed by atoms with Gasteiger partial charge in [0.05, 0.1) is 19.1 Å². The van der Waals surface area contributed by atoms with Gasteiger partial charge >= 0.3 is 5.97 Å². The van der Waals surface area contributed by atoms with Gasteiger partial charge in [-0.15, -0.1) is 0 Å². The second kappa shape index (κ2) is 10.9. The number of carbonyl (C=O) groups excluding carboxylic acids is 4. The number of anilines is 1. The van der Waals surface area contributed by atoms with Crippen molar-refractivity contribution in [2.24, 2.45) is 0 Å². The smallest absolute Gasteiger partial charge is 0.343 e. The van der Waals surface area contributed by atoms with Crippen molar-refractivity contribution in [2.75, 3.05) is 32.7 Å². The van der Waals surface area contributed by atoms with Crippen LogP contribution < -0.4 is 14.8 Å². The van der Waals surface area contributed by atoms with Crippen LogP contribution >= 0.6 is 11.8 Å². The van der Waals surface area contributed by atoms with E-state index in [1.807, 2.05) is 26.0 Å². The predicted molar refractivity (Wildman–Crippen MR) is 128 cm³/mol. The fourth-order valence-corrected chi connectivity index (χ4v) is 3.98. The molecule has 1 aliphatic rings. The summed E-state index contributed by atoms with van der Waals surface area (Å²) in [4.78, 5) is 50.4. The summed E-state index contributed by atoms with van der Waals surface area (Å²) in [5.74, 6) is -1.12. The molecule has 2 aromatic rings. The number of ether oxygens (including phenoxy) is 3. The highest BCUT2D eigenvalue weighted by Gasteiger charge is 2.36. The minimum atomic E-state index is -0.604. The van der Waals surface area contributed by atoms with Crippen LogP contribution in [-0.4, -0.2) is 55.3 Å². The van der Waals surface area contributed by atoms with Gasteiger partial charge in [0.15, 0.2) is 18.1 Å². The van der Waals surface area contributed by atoms with Crippen LogP contribution in [0.1, 0.15) is 16.7 Å². The zero-order valence-electron chi connectivity index (χ0n) is 19.2. The minimum Gasteiger partial charge on any atom is -0.493 e. The molecular formula is C24H24N2O7S. The molecule has 0 unspecified atom stereocenters. The Bertz CT molecular complexity index is 1180. The van der Waals surface area contributed by atoms with E-state index in [0.717, 1.165) is 16.0 Å². The third-order valence-corrected chi connectivity index (χ3v) is 6.04. The van der Waals surface area contributed by atoms with E-state index in [0.29, 0.717) is 28.8 Å². The summed E-state index contributed by atoms with van der Waals surface area (Å²) in [7, 11) is 2.67. The molecule has 1 aliphatic heterocycles. The van der Waals surface area contributed by atoms with Crippen LogP contribution in [0.3, 0.4) is 0 Å². The van der Waals surface area contributed by atoms with E-state index in [1.165, 1.54) is 20.3 Å². The predicted octanol–water partition coefficient (Wildman–Crippen LogP) is 3.54. The van der Waals surface area contributed by atoms with Crippen molar-refractivity contribution in [3.8, 4) is 11.5 Å². The maximum atomic E-state index is 12.9. The first-order chi connectivity index (χ1) is 16.2. The molecule has 1 fully saturated rings. The van der Waals surface area contributed by atoms with Crippen LogP contribution in [0.4, 0.5) is 10.5 Å². The Morgan fingerprint density at radius 1 is 1.09 bits per heavy atom. The third kappa shape index (κ3) is 5.57. The summed E-state index contributed by atoms with van der Waals surface area (Å²) >= 11 is 0.712. The molecule has 2 aromatic carbocycles. The van der Waals surface area contributed by atoms with Gasteiger partial charge in [-0.3, -0.25) is 19.3 Å². The van der Waals surface area contributed by atoms with Crippen LogP contribution in [-0.2, 0) is 19.1 Å². The van der Waals surface area contributed by atoms with Crippen molar-refractivity contribution >= 4 is 46.5 Å². The van der Waals surface area contributed by atoms with E-state index < -0.39 is 29.6 Å². The number of imide groups is 1. The molecule has 0 spiro atoms. The summed E-state index contributed by atoms with van der Waals surface area (Å²) in [6.45, 7) is 3.02. The zero-order chi connectivity index (χ0) is 24.8. The summed E-state index contributed by atoms with van der Waals surface area (Å²) in [6.07, 6.45) is 1.46. The van der Waals surface area contributed by atoms with Crippen LogP contribution in [0.15, 0.2) is 41.3 Å². The molecule has 1 N–H and O–H groups in total. The molecule has 0 aliphatic carbocycles. The number of rotatable bonds is 8. The van der Waals surface area contributed by atoms with E-state index in [2.05, 4.69) is 10.1 Å². The fraction of sp³-hybridized carbons (Fsp3) is 0.250. The summed E-state index contributed by atoms with van der Waals surface area (Å²) < 4.78 is 15.4. The molecule has 34 heavy (non-hydrogen) atoms. The average molecular weight is 485 g/mol. The van der Waals surface area contributed by atoms with Gasteiger partial charge in [-0.25, -0.2) is 4.79 Å².